The Morgan fingerprint density at radius 1 is 1.10 bits per heavy atom. The number of carbonyl (C=O) groups is 1. The summed E-state index contributed by atoms with van der Waals surface area (Å²) in [5.74, 6) is 0.215. The molecule has 0 spiro atoms. The highest BCUT2D eigenvalue weighted by Crippen LogP contribution is 2.21. The number of sulfonamides is 1. The molecule has 3 aromatic rings. The largest absolute Gasteiger partial charge is 0.487 e. The van der Waals surface area contributed by atoms with Crippen LogP contribution >= 0.6 is 11.6 Å². The number of ether oxygens (including phenoxy) is 1. The van der Waals surface area contributed by atoms with Gasteiger partial charge >= 0.3 is 0 Å². The average molecular weight is 446 g/mol. The molecule has 0 radical (unpaired) electrons. The predicted molar refractivity (Wildman–Crippen MR) is 114 cm³/mol. The number of nitrogens with zero attached hydrogens (tertiary/aromatic N) is 1. The Bertz CT molecular complexity index is 1120. The predicted octanol–water partition coefficient (Wildman–Crippen LogP) is 3.15. The number of rotatable bonds is 8. The van der Waals surface area contributed by atoms with Gasteiger partial charge < -0.3 is 10.1 Å². The van der Waals surface area contributed by atoms with Gasteiger partial charge in [-0.15, -0.1) is 0 Å². The first-order valence-electron chi connectivity index (χ1n) is 9.02. The maximum Gasteiger partial charge on any atom is 0.253 e. The molecule has 0 aliphatic carbocycles. The molecular weight excluding hydrogens is 426 g/mol. The van der Waals surface area contributed by atoms with Gasteiger partial charge in [-0.25, -0.2) is 13.1 Å². The third kappa shape index (κ3) is 5.56. The molecule has 0 saturated carbocycles. The third-order valence-corrected chi connectivity index (χ3v) is 5.99. The quantitative estimate of drug-likeness (QED) is 0.555. The lowest BCUT2D eigenvalue weighted by molar-refractivity contribution is 0.0951. The fourth-order valence-corrected chi connectivity index (χ4v) is 3.54. The average Bonchev–Trinajstić information content (AvgIpc) is 2.77. The Morgan fingerprint density at radius 2 is 1.87 bits per heavy atom. The highest BCUT2D eigenvalue weighted by molar-refractivity contribution is 7.89. The van der Waals surface area contributed by atoms with Crippen LogP contribution in [0.1, 0.15) is 21.6 Å². The summed E-state index contributed by atoms with van der Waals surface area (Å²) in [5.41, 5.74) is 1.76. The second-order valence-corrected chi connectivity index (χ2v) is 8.58. The van der Waals surface area contributed by atoms with Gasteiger partial charge in [0.15, 0.2) is 0 Å². The molecule has 156 valence electrons. The fourth-order valence-electron chi connectivity index (χ4n) is 2.59. The van der Waals surface area contributed by atoms with Crippen molar-refractivity contribution in [3.63, 3.8) is 0 Å². The van der Waals surface area contributed by atoms with Crippen LogP contribution in [0, 0.1) is 0 Å². The van der Waals surface area contributed by atoms with E-state index in [2.05, 4.69) is 15.0 Å². The van der Waals surface area contributed by atoms with Crippen molar-refractivity contribution in [1.82, 2.24) is 15.0 Å². The van der Waals surface area contributed by atoms with Crippen LogP contribution in [0.3, 0.4) is 0 Å². The van der Waals surface area contributed by atoms with Crippen molar-refractivity contribution in [1.29, 1.82) is 0 Å². The molecule has 2 N–H and O–H groups in total. The number of pyridine rings is 1. The molecule has 0 saturated heterocycles. The van der Waals surface area contributed by atoms with Crippen LogP contribution in [0.5, 0.6) is 5.75 Å². The minimum absolute atomic E-state index is 0.0334. The van der Waals surface area contributed by atoms with Crippen LogP contribution in [-0.4, -0.2) is 26.4 Å². The van der Waals surface area contributed by atoms with E-state index < -0.39 is 15.9 Å². The van der Waals surface area contributed by atoms with Gasteiger partial charge in [-0.1, -0.05) is 29.8 Å². The van der Waals surface area contributed by atoms with Gasteiger partial charge in [0.2, 0.25) is 10.0 Å². The van der Waals surface area contributed by atoms with Gasteiger partial charge in [0.1, 0.15) is 12.4 Å². The van der Waals surface area contributed by atoms with Gasteiger partial charge in [-0.05, 0) is 55.1 Å². The normalized spacial score (nSPS) is 11.1. The minimum atomic E-state index is -3.68. The first-order chi connectivity index (χ1) is 14.4. The van der Waals surface area contributed by atoms with E-state index in [1.165, 1.54) is 25.2 Å². The fraction of sp³-hybridized carbons (Fsp3) is 0.143. The number of aromatic nitrogens is 1. The van der Waals surface area contributed by atoms with Gasteiger partial charge in [0, 0.05) is 12.7 Å². The molecule has 7 nitrogen and oxygen atoms in total. The molecule has 9 heteroatoms. The molecule has 3 rings (SSSR count). The number of halogens is 1. The van der Waals surface area contributed by atoms with Gasteiger partial charge in [0.25, 0.3) is 5.91 Å². The maximum absolute atomic E-state index is 12.5. The zero-order valence-corrected chi connectivity index (χ0v) is 17.7. The van der Waals surface area contributed by atoms with Crippen LogP contribution < -0.4 is 14.8 Å². The van der Waals surface area contributed by atoms with E-state index in [1.54, 1.807) is 18.3 Å². The van der Waals surface area contributed by atoms with Crippen molar-refractivity contribution >= 4 is 27.5 Å². The number of nitrogens with one attached hydrogen (secondary N) is 2. The third-order valence-electron chi connectivity index (χ3n) is 4.25. The van der Waals surface area contributed by atoms with Gasteiger partial charge in [-0.3, -0.25) is 9.78 Å². The van der Waals surface area contributed by atoms with Crippen LogP contribution in [0.15, 0.2) is 71.8 Å². The van der Waals surface area contributed by atoms with Crippen molar-refractivity contribution < 1.29 is 17.9 Å². The lowest BCUT2D eigenvalue weighted by Gasteiger charge is -2.10. The van der Waals surface area contributed by atoms with E-state index in [9.17, 15) is 13.2 Å². The van der Waals surface area contributed by atoms with Crippen molar-refractivity contribution in [2.45, 2.75) is 18.0 Å². The van der Waals surface area contributed by atoms with Crippen molar-refractivity contribution in [3.8, 4) is 5.75 Å². The van der Waals surface area contributed by atoms with E-state index >= 15 is 0 Å². The van der Waals surface area contributed by atoms with E-state index in [0.717, 1.165) is 11.3 Å². The molecule has 0 atom stereocenters. The molecule has 1 aromatic heterocycles. The standard InChI is InChI=1S/C21H20ClN3O4S/c1-23-30(27,28)18-9-10-20(22)19(12-18)21(26)25-13-15-5-7-17(8-6-15)29-14-16-4-2-3-11-24-16/h2-12,23H,13-14H2,1H3,(H,25,26). The first kappa shape index (κ1) is 21.8. The SMILES string of the molecule is CNS(=O)(=O)c1ccc(Cl)c(C(=O)NCc2ccc(OCc3ccccn3)cc2)c1. The van der Waals surface area contributed by atoms with E-state index in [1.807, 2.05) is 30.3 Å². The van der Waals surface area contributed by atoms with Crippen molar-refractivity contribution in [2.24, 2.45) is 0 Å². The monoisotopic (exact) mass is 445 g/mol. The summed E-state index contributed by atoms with van der Waals surface area (Å²) in [4.78, 5) is 16.7. The highest BCUT2D eigenvalue weighted by Gasteiger charge is 2.17. The summed E-state index contributed by atoms with van der Waals surface area (Å²) in [6, 6.07) is 16.9. The Morgan fingerprint density at radius 3 is 2.53 bits per heavy atom. The maximum atomic E-state index is 12.5. The molecule has 0 fully saturated rings. The lowest BCUT2D eigenvalue weighted by Crippen LogP contribution is -2.24. The molecule has 1 heterocycles. The summed E-state index contributed by atoms with van der Waals surface area (Å²) in [6.45, 7) is 0.611. The molecule has 1 amide bonds. The molecule has 0 unspecified atom stereocenters. The molecule has 30 heavy (non-hydrogen) atoms. The van der Waals surface area contributed by atoms with Crippen molar-refractivity contribution in [3.05, 3.63) is 88.7 Å². The summed E-state index contributed by atoms with van der Waals surface area (Å²) in [5, 5.41) is 2.91. The van der Waals surface area contributed by atoms with E-state index in [0.29, 0.717) is 12.4 Å². The molecule has 0 aliphatic rings. The van der Waals surface area contributed by atoms with Crippen LogP contribution in [0.25, 0.3) is 0 Å². The summed E-state index contributed by atoms with van der Waals surface area (Å²) >= 11 is 6.07. The zero-order chi connectivity index (χ0) is 21.6. The number of benzene rings is 2. The lowest BCUT2D eigenvalue weighted by atomic mass is 10.2. The number of amides is 1. The Kier molecular flexibility index (Phi) is 7.04. The molecule has 0 aliphatic heterocycles. The Labute approximate surface area is 180 Å². The smallest absolute Gasteiger partial charge is 0.253 e. The van der Waals surface area contributed by atoms with Gasteiger partial charge in [-0.2, -0.15) is 0 Å². The summed E-state index contributed by atoms with van der Waals surface area (Å²) < 4.78 is 31.8. The van der Waals surface area contributed by atoms with Crippen molar-refractivity contribution in [2.75, 3.05) is 7.05 Å². The number of hydrogen-bond acceptors (Lipinski definition) is 5. The van der Waals surface area contributed by atoms with Crippen LogP contribution in [-0.2, 0) is 23.2 Å². The molecule has 0 bridgehead atoms. The summed E-state index contributed by atoms with van der Waals surface area (Å²) in [6.07, 6.45) is 1.71. The number of hydrogen-bond donors (Lipinski definition) is 2. The van der Waals surface area contributed by atoms with E-state index in [4.69, 9.17) is 16.3 Å². The zero-order valence-electron chi connectivity index (χ0n) is 16.1. The Balaban J connectivity index is 1.60. The Hall–Kier alpha value is -2.94. The van der Waals surface area contributed by atoms with Crippen LogP contribution in [0.2, 0.25) is 5.02 Å². The second-order valence-electron chi connectivity index (χ2n) is 6.29. The first-order valence-corrected chi connectivity index (χ1v) is 10.9. The number of carbonyl (C=O) groups excluding carboxylic acids is 1. The van der Waals surface area contributed by atoms with Gasteiger partial charge in [0.05, 0.1) is 21.2 Å². The van der Waals surface area contributed by atoms with Crippen LogP contribution in [0.4, 0.5) is 0 Å². The molecular formula is C21H20ClN3O4S. The van der Waals surface area contributed by atoms with E-state index in [-0.39, 0.29) is 22.0 Å². The highest BCUT2D eigenvalue weighted by atomic mass is 35.5. The second kappa shape index (κ2) is 9.71. The minimum Gasteiger partial charge on any atom is -0.487 e. The topological polar surface area (TPSA) is 97.4 Å². The molecule has 2 aromatic carbocycles. The summed E-state index contributed by atoms with van der Waals surface area (Å²) in [7, 11) is -2.38.